The summed E-state index contributed by atoms with van der Waals surface area (Å²) in [6.45, 7) is 3.93. The highest BCUT2D eigenvalue weighted by molar-refractivity contribution is 6.17. The minimum atomic E-state index is -0.574. The van der Waals surface area contributed by atoms with Crippen LogP contribution in [-0.2, 0) is 14.3 Å². The van der Waals surface area contributed by atoms with E-state index >= 15 is 0 Å². The normalized spacial score (nSPS) is 20.4. The van der Waals surface area contributed by atoms with Crippen molar-refractivity contribution in [3.63, 3.8) is 0 Å². The van der Waals surface area contributed by atoms with Crippen LogP contribution in [0.1, 0.15) is 43.9 Å². The van der Waals surface area contributed by atoms with Gasteiger partial charge in [0.1, 0.15) is 11.5 Å². The molecule has 0 fully saturated rings. The first kappa shape index (κ1) is 19.0. The zero-order valence-electron chi connectivity index (χ0n) is 16.4. The first-order chi connectivity index (χ1) is 14.0. The topological polar surface area (TPSA) is 76.7 Å². The van der Waals surface area contributed by atoms with Gasteiger partial charge in [0.25, 0.3) is 0 Å². The van der Waals surface area contributed by atoms with Crippen molar-refractivity contribution >= 4 is 17.8 Å². The van der Waals surface area contributed by atoms with Crippen molar-refractivity contribution in [1.82, 2.24) is 0 Å². The summed E-state index contributed by atoms with van der Waals surface area (Å²) in [5.74, 6) is -0.419. The lowest BCUT2D eigenvalue weighted by Crippen LogP contribution is -2.23. The predicted octanol–water partition coefficient (Wildman–Crippen LogP) is 4.71. The Hall–Kier alpha value is -3.34. The summed E-state index contributed by atoms with van der Waals surface area (Å²) in [5.41, 5.74) is 4.16. The first-order valence-electron chi connectivity index (χ1n) is 9.66. The third kappa shape index (κ3) is 3.33. The summed E-state index contributed by atoms with van der Waals surface area (Å²) >= 11 is 0. The van der Waals surface area contributed by atoms with Gasteiger partial charge in [0.2, 0.25) is 0 Å². The molecule has 0 saturated carbocycles. The van der Waals surface area contributed by atoms with Crippen molar-refractivity contribution in [3.05, 3.63) is 81.9 Å². The Balaban J connectivity index is 1.78. The Labute approximate surface area is 169 Å². The Morgan fingerprint density at radius 2 is 2.03 bits per heavy atom. The molecule has 5 nitrogen and oxygen atoms in total. The van der Waals surface area contributed by atoms with Crippen LogP contribution in [0.5, 0.6) is 5.75 Å². The zero-order valence-corrected chi connectivity index (χ0v) is 16.4. The van der Waals surface area contributed by atoms with Gasteiger partial charge >= 0.3 is 5.97 Å². The van der Waals surface area contributed by atoms with E-state index < -0.39 is 11.9 Å². The van der Waals surface area contributed by atoms with Crippen LogP contribution in [0.3, 0.4) is 0 Å². The second kappa shape index (κ2) is 7.59. The molecular weight excluding hydrogens is 368 g/mol. The molecule has 148 valence electrons. The van der Waals surface area contributed by atoms with E-state index in [2.05, 4.69) is 0 Å². The molecule has 1 N–H and O–H groups in total. The van der Waals surface area contributed by atoms with E-state index in [1.165, 1.54) is 0 Å². The minimum absolute atomic E-state index is 0.112. The van der Waals surface area contributed by atoms with Crippen LogP contribution in [-0.4, -0.2) is 23.5 Å². The van der Waals surface area contributed by atoms with Gasteiger partial charge in [-0.3, -0.25) is 4.79 Å². The Bertz CT molecular complexity index is 1070. The van der Waals surface area contributed by atoms with Gasteiger partial charge in [-0.2, -0.15) is 0 Å². The van der Waals surface area contributed by atoms with E-state index in [-0.39, 0.29) is 18.1 Å². The molecule has 2 aromatic rings. The molecule has 0 saturated heterocycles. The summed E-state index contributed by atoms with van der Waals surface area (Å²) < 4.78 is 10.9. The number of hydrogen-bond donors (Lipinski definition) is 1. The van der Waals surface area contributed by atoms with Crippen LogP contribution in [0.25, 0.3) is 6.08 Å². The first-order valence-corrected chi connectivity index (χ1v) is 9.66. The maximum Gasteiger partial charge on any atom is 0.335 e. The maximum atomic E-state index is 13.4. The van der Waals surface area contributed by atoms with Crippen LogP contribution in [0, 0.1) is 0 Å². The van der Waals surface area contributed by atoms with E-state index in [0.29, 0.717) is 40.9 Å². The molecule has 0 amide bonds. The molecule has 1 heterocycles. The molecule has 0 spiro atoms. The van der Waals surface area contributed by atoms with Crippen molar-refractivity contribution < 1.29 is 23.8 Å². The number of allylic oxidation sites excluding steroid dienone is 4. The summed E-state index contributed by atoms with van der Waals surface area (Å²) in [5, 5.41) is 10.1. The number of furan rings is 1. The van der Waals surface area contributed by atoms with Gasteiger partial charge < -0.3 is 14.3 Å². The van der Waals surface area contributed by atoms with Crippen LogP contribution in [0.4, 0.5) is 0 Å². The molecule has 2 aliphatic carbocycles. The second-order valence-electron chi connectivity index (χ2n) is 7.29. The van der Waals surface area contributed by atoms with E-state index in [0.717, 1.165) is 11.1 Å². The monoisotopic (exact) mass is 390 g/mol. The maximum absolute atomic E-state index is 13.4. The standard InChI is InChI=1S/C24H22O5/c1-3-28-24(27)20-14(2)11-16-13-17(12-15-7-4-5-8-18(15)25)23(26)21(16)22(20)19-9-6-10-29-19/h4-10,12,22,25H,3,11,13H2,1-2H3. The van der Waals surface area contributed by atoms with Crippen LogP contribution in [0.15, 0.2) is 74.9 Å². The number of phenolic OH excluding ortho intramolecular Hbond substituents is 1. The lowest BCUT2D eigenvalue weighted by molar-refractivity contribution is -0.138. The van der Waals surface area contributed by atoms with E-state index in [4.69, 9.17) is 9.15 Å². The molecule has 2 aliphatic rings. The molecule has 0 aliphatic heterocycles. The van der Waals surface area contributed by atoms with Crippen molar-refractivity contribution in [2.45, 2.75) is 32.6 Å². The molecule has 29 heavy (non-hydrogen) atoms. The van der Waals surface area contributed by atoms with Gasteiger partial charge in [-0.15, -0.1) is 0 Å². The van der Waals surface area contributed by atoms with E-state index in [1.807, 2.05) is 13.0 Å². The number of esters is 1. The quantitative estimate of drug-likeness (QED) is 0.605. The van der Waals surface area contributed by atoms with Crippen molar-refractivity contribution in [2.24, 2.45) is 0 Å². The fraction of sp³-hybridized carbons (Fsp3) is 0.250. The fourth-order valence-electron chi connectivity index (χ4n) is 4.19. The molecule has 0 bridgehead atoms. The second-order valence-corrected chi connectivity index (χ2v) is 7.29. The number of para-hydroxylation sites is 1. The highest BCUT2D eigenvalue weighted by Crippen LogP contribution is 2.49. The Morgan fingerprint density at radius 1 is 1.24 bits per heavy atom. The highest BCUT2D eigenvalue weighted by Gasteiger charge is 2.43. The molecule has 4 rings (SSSR count). The van der Waals surface area contributed by atoms with Gasteiger partial charge in [0, 0.05) is 16.7 Å². The number of ketones is 1. The summed E-state index contributed by atoms with van der Waals surface area (Å²) in [6.07, 6.45) is 4.31. The summed E-state index contributed by atoms with van der Waals surface area (Å²) in [6, 6.07) is 10.4. The highest BCUT2D eigenvalue weighted by atomic mass is 16.5. The molecule has 5 heteroatoms. The number of rotatable bonds is 4. The zero-order chi connectivity index (χ0) is 20.5. The lowest BCUT2D eigenvalue weighted by Gasteiger charge is -2.26. The molecule has 1 unspecified atom stereocenters. The third-order valence-electron chi connectivity index (χ3n) is 5.43. The SMILES string of the molecule is CCOC(=O)C1=C(C)CC2=C(C(=O)C(=Cc3ccccc3O)C2)C1c1ccco1. The minimum Gasteiger partial charge on any atom is -0.507 e. The van der Waals surface area contributed by atoms with Gasteiger partial charge in [0.05, 0.1) is 24.4 Å². The summed E-state index contributed by atoms with van der Waals surface area (Å²) in [4.78, 5) is 26.1. The van der Waals surface area contributed by atoms with E-state index in [1.54, 1.807) is 49.6 Å². The number of benzene rings is 1. The average Bonchev–Trinajstić information content (AvgIpc) is 3.32. The van der Waals surface area contributed by atoms with Crippen LogP contribution >= 0.6 is 0 Å². The number of aromatic hydroxyl groups is 1. The smallest absolute Gasteiger partial charge is 0.335 e. The average molecular weight is 390 g/mol. The van der Waals surface area contributed by atoms with E-state index in [9.17, 15) is 14.7 Å². The molecular formula is C24H22O5. The van der Waals surface area contributed by atoms with Crippen LogP contribution < -0.4 is 0 Å². The molecule has 0 radical (unpaired) electrons. The number of ether oxygens (including phenoxy) is 1. The van der Waals surface area contributed by atoms with Gasteiger partial charge in [-0.1, -0.05) is 29.3 Å². The molecule has 1 aromatic carbocycles. The van der Waals surface area contributed by atoms with Crippen LogP contribution in [0.2, 0.25) is 0 Å². The number of phenols is 1. The predicted molar refractivity (Wildman–Crippen MR) is 108 cm³/mol. The van der Waals surface area contributed by atoms with Gasteiger partial charge in [0.15, 0.2) is 5.78 Å². The molecule has 1 aromatic heterocycles. The number of carbonyl (C=O) groups excluding carboxylic acids is 2. The fourth-order valence-corrected chi connectivity index (χ4v) is 4.19. The van der Waals surface area contributed by atoms with Gasteiger partial charge in [-0.25, -0.2) is 4.79 Å². The number of carbonyl (C=O) groups is 2. The molecule has 1 atom stereocenters. The van der Waals surface area contributed by atoms with Crippen molar-refractivity contribution in [2.75, 3.05) is 6.61 Å². The van der Waals surface area contributed by atoms with Crippen molar-refractivity contribution in [3.8, 4) is 5.75 Å². The van der Waals surface area contributed by atoms with Gasteiger partial charge in [-0.05, 0) is 51.0 Å². The third-order valence-corrected chi connectivity index (χ3v) is 5.43. The Morgan fingerprint density at radius 3 is 2.72 bits per heavy atom. The lowest BCUT2D eigenvalue weighted by atomic mass is 9.77. The number of Topliss-reactive ketones (excluding diaryl/α,β-unsaturated/α-hetero) is 1. The Kier molecular flexibility index (Phi) is 4.97. The largest absolute Gasteiger partial charge is 0.507 e. The number of hydrogen-bond acceptors (Lipinski definition) is 5. The summed E-state index contributed by atoms with van der Waals surface area (Å²) in [7, 11) is 0. The van der Waals surface area contributed by atoms with Crippen molar-refractivity contribution in [1.29, 1.82) is 0 Å².